The fraction of sp³-hybridized carbons (Fsp3) is 0.381. The number of nitrogen functional groups attached to an aromatic ring is 1. The molecule has 1 aliphatic heterocycles. The molecule has 11 heteroatoms. The number of piperidine rings is 1. The zero-order valence-corrected chi connectivity index (χ0v) is 17.3. The van der Waals surface area contributed by atoms with Crippen LogP contribution >= 0.6 is 0 Å². The average molecular weight is 449 g/mol. The van der Waals surface area contributed by atoms with Gasteiger partial charge in [-0.15, -0.1) is 0 Å². The van der Waals surface area contributed by atoms with Gasteiger partial charge in [0.05, 0.1) is 6.04 Å². The minimum atomic E-state index is -4.45. The van der Waals surface area contributed by atoms with Crippen LogP contribution in [0.3, 0.4) is 0 Å². The van der Waals surface area contributed by atoms with Crippen LogP contribution < -0.4 is 16.2 Å². The number of nitrogens with two attached hydrogens (primary N) is 2. The molecule has 4 N–H and O–H groups in total. The van der Waals surface area contributed by atoms with Crippen LogP contribution in [0.1, 0.15) is 36.2 Å². The first-order chi connectivity index (χ1) is 15.1. The van der Waals surface area contributed by atoms with Crippen LogP contribution in [-0.4, -0.2) is 52.4 Å². The maximum atomic E-state index is 12.3. The summed E-state index contributed by atoms with van der Waals surface area (Å²) in [7, 11) is 0. The van der Waals surface area contributed by atoms with Crippen molar-refractivity contribution in [1.82, 2.24) is 14.7 Å². The second-order valence-electron chi connectivity index (χ2n) is 7.24. The van der Waals surface area contributed by atoms with Crippen molar-refractivity contribution in [2.24, 2.45) is 5.73 Å². The van der Waals surface area contributed by atoms with E-state index in [4.69, 9.17) is 16.2 Å². The number of hydrogen-bond acceptors (Lipinski definition) is 5. The van der Waals surface area contributed by atoms with Crippen LogP contribution in [0.25, 0.3) is 11.3 Å². The number of halogens is 3. The summed E-state index contributed by atoms with van der Waals surface area (Å²) in [6.07, 6.45) is -3.33. The minimum absolute atomic E-state index is 0.0197. The molecule has 1 aromatic carbocycles. The van der Waals surface area contributed by atoms with Gasteiger partial charge in [-0.3, -0.25) is 9.59 Å². The van der Waals surface area contributed by atoms with E-state index in [2.05, 4.69) is 16.9 Å². The molecule has 0 aliphatic carbocycles. The van der Waals surface area contributed by atoms with Gasteiger partial charge in [0.1, 0.15) is 22.8 Å². The van der Waals surface area contributed by atoms with E-state index in [1.165, 1.54) is 28.9 Å². The van der Waals surface area contributed by atoms with Crippen molar-refractivity contribution in [1.29, 1.82) is 0 Å². The molecule has 0 saturated carbocycles. The predicted molar refractivity (Wildman–Crippen MR) is 110 cm³/mol. The van der Waals surface area contributed by atoms with Gasteiger partial charge >= 0.3 is 6.18 Å². The molecule has 0 radical (unpaired) electrons. The third-order valence-corrected chi connectivity index (χ3v) is 5.05. The van der Waals surface area contributed by atoms with Gasteiger partial charge in [0.2, 0.25) is 0 Å². The quantitative estimate of drug-likeness (QED) is 0.680. The molecule has 0 bridgehead atoms. The Kier molecular flexibility index (Phi) is 6.62. The first-order valence-corrected chi connectivity index (χ1v) is 9.80. The number of aromatic nitrogens is 2. The number of carbonyl (C=O) groups is 2. The number of ether oxygens (including phenoxy) is 1. The Bertz CT molecular complexity index is 1060. The Labute approximate surface area is 182 Å². The highest BCUT2D eigenvalue weighted by Gasteiger charge is 2.30. The first-order valence-electron chi connectivity index (χ1n) is 9.80. The van der Waals surface area contributed by atoms with Gasteiger partial charge in [-0.25, -0.2) is 4.68 Å². The predicted octanol–water partition coefficient (Wildman–Crippen LogP) is 2.36. The maximum Gasteiger partial charge on any atom is 0.422 e. The summed E-state index contributed by atoms with van der Waals surface area (Å²) in [4.78, 5) is 25.7. The summed E-state index contributed by atoms with van der Waals surface area (Å²) >= 11 is 0. The summed E-state index contributed by atoms with van der Waals surface area (Å²) in [5.74, 6) is 4.20. The number of primary amides is 1. The Morgan fingerprint density at radius 3 is 2.38 bits per heavy atom. The van der Waals surface area contributed by atoms with Crippen molar-refractivity contribution < 1.29 is 27.5 Å². The van der Waals surface area contributed by atoms with Gasteiger partial charge in [-0.2, -0.15) is 18.3 Å². The van der Waals surface area contributed by atoms with Crippen LogP contribution in [0.15, 0.2) is 24.3 Å². The van der Waals surface area contributed by atoms with E-state index in [-0.39, 0.29) is 34.8 Å². The third kappa shape index (κ3) is 5.14. The maximum absolute atomic E-state index is 12.3. The van der Waals surface area contributed by atoms with E-state index in [1.54, 1.807) is 11.8 Å². The normalized spacial score (nSPS) is 14.6. The molecule has 2 amide bonds. The molecule has 1 fully saturated rings. The standard InChI is InChI=1S/C21H22F3N5O3/c1-2-3-16(30)28-10-8-14(9-11-28)29-19(25)17(20(26)31)18(27-29)13-4-6-15(7-5-13)32-12-21(22,23)24/h4-7,14H,8-12,25H2,1H3,(H2,26,31). The number of rotatable bonds is 5. The molecular weight excluding hydrogens is 427 g/mol. The van der Waals surface area contributed by atoms with Crippen LogP contribution in [0.4, 0.5) is 19.0 Å². The number of carbonyl (C=O) groups excluding carboxylic acids is 2. The smallest absolute Gasteiger partial charge is 0.422 e. The van der Waals surface area contributed by atoms with Gasteiger partial charge in [-0.1, -0.05) is 5.92 Å². The Balaban J connectivity index is 1.83. The lowest BCUT2D eigenvalue weighted by Gasteiger charge is -2.31. The van der Waals surface area contributed by atoms with Gasteiger partial charge in [0.15, 0.2) is 6.61 Å². The molecule has 32 heavy (non-hydrogen) atoms. The third-order valence-electron chi connectivity index (χ3n) is 5.05. The molecule has 170 valence electrons. The van der Waals surface area contributed by atoms with E-state index in [0.717, 1.165) is 0 Å². The lowest BCUT2D eigenvalue weighted by molar-refractivity contribution is -0.153. The van der Waals surface area contributed by atoms with Gasteiger partial charge < -0.3 is 21.1 Å². The minimum Gasteiger partial charge on any atom is -0.484 e. The molecule has 8 nitrogen and oxygen atoms in total. The van der Waals surface area contributed by atoms with E-state index >= 15 is 0 Å². The fourth-order valence-electron chi connectivity index (χ4n) is 3.54. The zero-order chi connectivity index (χ0) is 23.5. The molecule has 0 spiro atoms. The molecule has 1 saturated heterocycles. The van der Waals surface area contributed by atoms with Crippen LogP contribution in [0, 0.1) is 11.8 Å². The number of amides is 2. The van der Waals surface area contributed by atoms with E-state index in [9.17, 15) is 22.8 Å². The lowest BCUT2D eigenvalue weighted by Crippen LogP contribution is -2.38. The largest absolute Gasteiger partial charge is 0.484 e. The topological polar surface area (TPSA) is 116 Å². The number of alkyl halides is 3. The number of nitrogens with zero attached hydrogens (tertiary/aromatic N) is 3. The lowest BCUT2D eigenvalue weighted by atomic mass is 10.0. The van der Waals surface area contributed by atoms with Crippen molar-refractivity contribution >= 4 is 17.6 Å². The van der Waals surface area contributed by atoms with Crippen molar-refractivity contribution in [2.75, 3.05) is 25.4 Å². The highest BCUT2D eigenvalue weighted by Crippen LogP contribution is 2.33. The first kappa shape index (κ1) is 23.0. The van der Waals surface area contributed by atoms with Crippen LogP contribution in [-0.2, 0) is 4.79 Å². The number of hydrogen-bond donors (Lipinski definition) is 2. The average Bonchev–Trinajstić information content (AvgIpc) is 3.10. The number of benzene rings is 1. The number of anilines is 1. The van der Waals surface area contributed by atoms with Crippen molar-refractivity contribution in [3.05, 3.63) is 29.8 Å². The van der Waals surface area contributed by atoms with E-state index in [0.29, 0.717) is 31.5 Å². The molecule has 2 heterocycles. The summed E-state index contributed by atoms with van der Waals surface area (Å²) in [6.45, 7) is 1.11. The van der Waals surface area contributed by atoms with E-state index < -0.39 is 18.7 Å². The molecule has 3 rings (SSSR count). The second kappa shape index (κ2) is 9.21. The van der Waals surface area contributed by atoms with Gasteiger partial charge in [-0.05, 0) is 50.0 Å². The van der Waals surface area contributed by atoms with E-state index in [1.807, 2.05) is 0 Å². The van der Waals surface area contributed by atoms with Crippen LogP contribution in [0.5, 0.6) is 5.75 Å². The SMILES string of the molecule is CC#CC(=O)N1CCC(n2nc(-c3ccc(OCC(F)(F)F)cc3)c(C(N)=O)c2N)CC1. The highest BCUT2D eigenvalue weighted by molar-refractivity contribution is 6.03. The summed E-state index contributed by atoms with van der Waals surface area (Å²) in [5, 5.41) is 4.48. The summed E-state index contributed by atoms with van der Waals surface area (Å²) in [6, 6.07) is 5.50. The Hall–Kier alpha value is -3.68. The van der Waals surface area contributed by atoms with Gasteiger partial charge in [0, 0.05) is 18.7 Å². The molecule has 0 atom stereocenters. The van der Waals surface area contributed by atoms with Crippen molar-refractivity contribution in [2.45, 2.75) is 32.0 Å². The Morgan fingerprint density at radius 1 is 1.22 bits per heavy atom. The zero-order valence-electron chi connectivity index (χ0n) is 17.3. The molecule has 0 unspecified atom stereocenters. The Morgan fingerprint density at radius 2 is 1.84 bits per heavy atom. The van der Waals surface area contributed by atoms with Crippen molar-refractivity contribution in [3.8, 4) is 28.8 Å². The molecule has 1 aliphatic rings. The van der Waals surface area contributed by atoms with Gasteiger partial charge in [0.25, 0.3) is 11.8 Å². The van der Waals surface area contributed by atoms with Crippen molar-refractivity contribution in [3.63, 3.8) is 0 Å². The monoisotopic (exact) mass is 449 g/mol. The van der Waals surface area contributed by atoms with Crippen LogP contribution in [0.2, 0.25) is 0 Å². The summed E-state index contributed by atoms with van der Waals surface area (Å²) < 4.78 is 43.2. The molecule has 1 aromatic heterocycles. The second-order valence-corrected chi connectivity index (χ2v) is 7.24. The fourth-order valence-corrected chi connectivity index (χ4v) is 3.54. The number of likely N-dealkylation sites (tertiary alicyclic amines) is 1. The molecular formula is C21H22F3N5O3. The molecule has 2 aromatic rings. The highest BCUT2D eigenvalue weighted by atomic mass is 19.4. The summed E-state index contributed by atoms with van der Waals surface area (Å²) in [5.41, 5.74) is 12.4.